The molecule has 0 aromatic heterocycles. The molecule has 41 heavy (non-hydrogen) atoms. The number of carboxylic acid groups (broad SMARTS) is 1. The van der Waals surface area contributed by atoms with E-state index in [-0.39, 0.29) is 47.2 Å². The molecule has 5 atom stereocenters. The number of carbonyl (C=O) groups is 3. The molecule has 0 saturated carbocycles. The second kappa shape index (κ2) is 12.4. The van der Waals surface area contributed by atoms with Crippen molar-refractivity contribution in [2.75, 3.05) is 19.7 Å². The third-order valence-electron chi connectivity index (χ3n) is 9.16. The van der Waals surface area contributed by atoms with Crippen LogP contribution in [0.25, 0.3) is 0 Å². The molecular formula is C30H52N2O7Si2. The number of β-lactam (4-membered cyclic amide) rings is 1. The van der Waals surface area contributed by atoms with Gasteiger partial charge in [0.2, 0.25) is 12.1 Å². The molecule has 1 amide bonds. The molecule has 2 saturated heterocycles. The van der Waals surface area contributed by atoms with Crippen LogP contribution >= 0.6 is 0 Å². The first-order valence-corrected chi connectivity index (χ1v) is 21.0. The van der Waals surface area contributed by atoms with Crippen LogP contribution in [-0.4, -0.2) is 87.5 Å². The van der Waals surface area contributed by atoms with E-state index in [0.29, 0.717) is 31.8 Å². The summed E-state index contributed by atoms with van der Waals surface area (Å²) in [7, 11) is -4.31. The highest BCUT2D eigenvalue weighted by molar-refractivity contribution is 6.74. The summed E-state index contributed by atoms with van der Waals surface area (Å²) >= 11 is 0. The summed E-state index contributed by atoms with van der Waals surface area (Å²) in [6, 6.07) is 0.693. The molecule has 0 bridgehead atoms. The summed E-state index contributed by atoms with van der Waals surface area (Å²) in [6.45, 7) is 26.1. The van der Waals surface area contributed by atoms with Crippen LogP contribution in [0.5, 0.6) is 0 Å². The van der Waals surface area contributed by atoms with Crippen LogP contribution in [0.3, 0.4) is 0 Å². The molecule has 3 rings (SSSR count). The summed E-state index contributed by atoms with van der Waals surface area (Å²) < 4.78 is 18.5. The topological polar surface area (TPSA) is 106 Å². The standard InChI is InChI=1S/C30H52N2O7Si2/c1-12-15-37-29(36)27(39-40(8,9)18-19(2)3)31-14-13-21(17-31)22-16-23-24(26(33)32(23)25(22)28(34)35)20(4)38-41(10,11)30(5,6)7/h12,19-21,23-24,27H,1,13-18H2,2-11H3,(H,34,35)/t20-,21?,23-,24-,27?/m1/s1. The number of fused-ring (bicyclic) bond motifs is 1. The molecule has 11 heteroatoms. The number of hydrogen-bond acceptors (Lipinski definition) is 7. The van der Waals surface area contributed by atoms with E-state index in [0.717, 1.165) is 11.6 Å². The number of amides is 1. The molecule has 0 aromatic carbocycles. The van der Waals surface area contributed by atoms with Crippen LogP contribution in [0.2, 0.25) is 37.3 Å². The van der Waals surface area contributed by atoms with E-state index in [1.54, 1.807) is 0 Å². The van der Waals surface area contributed by atoms with Crippen LogP contribution in [0.1, 0.15) is 54.4 Å². The number of hydrogen-bond donors (Lipinski definition) is 1. The number of nitrogens with zero attached hydrogens (tertiary/aromatic N) is 2. The zero-order valence-electron chi connectivity index (χ0n) is 26.8. The van der Waals surface area contributed by atoms with Crippen LogP contribution in [0, 0.1) is 17.8 Å². The van der Waals surface area contributed by atoms with Crippen LogP contribution in [-0.2, 0) is 28.0 Å². The van der Waals surface area contributed by atoms with Gasteiger partial charge in [0.1, 0.15) is 12.3 Å². The lowest BCUT2D eigenvalue weighted by Crippen LogP contribution is -2.63. The Kier molecular flexibility index (Phi) is 10.2. The van der Waals surface area contributed by atoms with Crippen molar-refractivity contribution >= 4 is 34.5 Å². The minimum absolute atomic E-state index is 0.00435. The molecule has 3 aliphatic rings. The first-order chi connectivity index (χ1) is 18.8. The van der Waals surface area contributed by atoms with Crippen molar-refractivity contribution in [3.8, 4) is 0 Å². The molecule has 2 unspecified atom stereocenters. The van der Waals surface area contributed by atoms with Crippen molar-refractivity contribution in [3.63, 3.8) is 0 Å². The van der Waals surface area contributed by atoms with E-state index in [2.05, 4.69) is 67.4 Å². The normalized spacial score (nSPS) is 25.3. The maximum atomic E-state index is 13.4. The van der Waals surface area contributed by atoms with Gasteiger partial charge in [-0.1, -0.05) is 47.3 Å². The van der Waals surface area contributed by atoms with Gasteiger partial charge in [-0.25, -0.2) is 9.59 Å². The maximum absolute atomic E-state index is 13.4. The van der Waals surface area contributed by atoms with E-state index >= 15 is 0 Å². The Hall–Kier alpha value is -1.80. The Bertz CT molecular complexity index is 1070. The third kappa shape index (κ3) is 7.23. The van der Waals surface area contributed by atoms with Crippen molar-refractivity contribution in [2.45, 2.75) is 110 Å². The smallest absolute Gasteiger partial charge is 0.352 e. The average Bonchev–Trinajstić information content (AvgIpc) is 3.42. The van der Waals surface area contributed by atoms with Crippen molar-refractivity contribution in [2.24, 2.45) is 17.8 Å². The van der Waals surface area contributed by atoms with E-state index in [1.807, 2.05) is 11.8 Å². The first kappa shape index (κ1) is 33.7. The molecular weight excluding hydrogens is 557 g/mol. The number of carboxylic acids is 1. The summed E-state index contributed by atoms with van der Waals surface area (Å²) in [5, 5.41) is 10.2. The fraction of sp³-hybridized carbons (Fsp3) is 0.767. The Labute approximate surface area is 248 Å². The number of ether oxygens (including phenoxy) is 1. The number of esters is 1. The summed E-state index contributed by atoms with van der Waals surface area (Å²) in [5.41, 5.74) is 0.904. The number of aliphatic carboxylic acids is 1. The minimum atomic E-state index is -2.20. The number of likely N-dealkylation sites (tertiary alicyclic amines) is 1. The molecule has 1 N–H and O–H groups in total. The second-order valence-electron chi connectivity index (χ2n) is 14.5. The predicted octanol–water partition coefficient (Wildman–Crippen LogP) is 5.22. The van der Waals surface area contributed by atoms with Crippen molar-refractivity contribution in [1.82, 2.24) is 9.80 Å². The molecule has 0 aliphatic carbocycles. The Morgan fingerprint density at radius 2 is 1.78 bits per heavy atom. The van der Waals surface area contributed by atoms with Gasteiger partial charge in [-0.05, 0) is 74.4 Å². The van der Waals surface area contributed by atoms with Gasteiger partial charge in [0.05, 0.1) is 18.1 Å². The van der Waals surface area contributed by atoms with Gasteiger partial charge in [0, 0.05) is 13.1 Å². The lowest BCUT2D eigenvalue weighted by atomic mass is 9.82. The first-order valence-electron chi connectivity index (χ1n) is 15.0. The molecule has 0 spiro atoms. The fourth-order valence-corrected chi connectivity index (χ4v) is 10.8. The Morgan fingerprint density at radius 3 is 2.32 bits per heavy atom. The molecule has 0 aromatic rings. The largest absolute Gasteiger partial charge is 0.477 e. The number of rotatable bonds is 13. The average molecular weight is 609 g/mol. The van der Waals surface area contributed by atoms with E-state index in [1.165, 1.54) is 11.0 Å². The van der Waals surface area contributed by atoms with E-state index in [4.69, 9.17) is 13.6 Å². The zero-order valence-corrected chi connectivity index (χ0v) is 28.8. The molecule has 2 fully saturated rings. The van der Waals surface area contributed by atoms with Gasteiger partial charge in [-0.3, -0.25) is 9.69 Å². The van der Waals surface area contributed by atoms with Crippen LogP contribution < -0.4 is 0 Å². The third-order valence-corrected chi connectivity index (χ3v) is 16.4. The molecule has 9 nitrogen and oxygen atoms in total. The SMILES string of the molecule is C=CCOC(=O)C(O[Si](C)(C)CC(C)C)N1CCC(C2=C(C(=O)O)N3C(=O)[C@H]([C@@H](C)O[Si](C)(C)C(C)(C)C)[C@H]3C2)C1. The summed E-state index contributed by atoms with van der Waals surface area (Å²) in [4.78, 5) is 42.5. The molecule has 3 aliphatic heterocycles. The van der Waals surface area contributed by atoms with Crippen molar-refractivity contribution in [3.05, 3.63) is 23.9 Å². The zero-order chi connectivity index (χ0) is 31.1. The molecule has 0 radical (unpaired) electrons. The van der Waals surface area contributed by atoms with Crippen LogP contribution in [0.4, 0.5) is 0 Å². The van der Waals surface area contributed by atoms with Gasteiger partial charge in [0.25, 0.3) is 0 Å². The monoisotopic (exact) mass is 608 g/mol. The highest BCUT2D eigenvalue weighted by atomic mass is 28.4. The van der Waals surface area contributed by atoms with Gasteiger partial charge in [-0.2, -0.15) is 0 Å². The van der Waals surface area contributed by atoms with Gasteiger partial charge in [0.15, 0.2) is 16.6 Å². The quantitative estimate of drug-likeness (QED) is 0.131. The maximum Gasteiger partial charge on any atom is 0.352 e. The highest BCUT2D eigenvalue weighted by Gasteiger charge is 2.59. The fourth-order valence-electron chi connectivity index (χ4n) is 6.47. The van der Waals surface area contributed by atoms with Crippen molar-refractivity contribution < 1.29 is 33.1 Å². The van der Waals surface area contributed by atoms with Crippen LogP contribution in [0.15, 0.2) is 23.9 Å². The second-order valence-corrected chi connectivity index (χ2v) is 23.4. The van der Waals surface area contributed by atoms with Crippen molar-refractivity contribution in [1.29, 1.82) is 0 Å². The number of carbonyl (C=O) groups excluding carboxylic acids is 2. The van der Waals surface area contributed by atoms with Gasteiger partial charge in [-0.15, -0.1) is 0 Å². The Morgan fingerprint density at radius 1 is 1.15 bits per heavy atom. The minimum Gasteiger partial charge on any atom is -0.477 e. The summed E-state index contributed by atoms with van der Waals surface area (Å²) in [5.74, 6) is -1.70. The molecule has 232 valence electrons. The lowest BCUT2D eigenvalue weighted by Gasteiger charge is -2.48. The highest BCUT2D eigenvalue weighted by Crippen LogP contribution is 2.49. The van der Waals surface area contributed by atoms with E-state index in [9.17, 15) is 19.5 Å². The van der Waals surface area contributed by atoms with Gasteiger partial charge < -0.3 is 23.6 Å². The predicted molar refractivity (Wildman–Crippen MR) is 164 cm³/mol. The molecule has 3 heterocycles. The lowest BCUT2D eigenvalue weighted by molar-refractivity contribution is -0.160. The Balaban J connectivity index is 1.80. The summed E-state index contributed by atoms with van der Waals surface area (Å²) in [6.07, 6.45) is 1.60. The van der Waals surface area contributed by atoms with Gasteiger partial charge >= 0.3 is 11.9 Å². The van der Waals surface area contributed by atoms with E-state index < -0.39 is 34.8 Å².